The Balaban J connectivity index is 1.78. The predicted molar refractivity (Wildman–Crippen MR) is 69.6 cm³/mol. The largest absolute Gasteiger partial charge is 0.493 e. The van der Waals surface area contributed by atoms with Crippen LogP contribution in [0.4, 0.5) is 0 Å². The second-order valence-electron chi connectivity index (χ2n) is 4.63. The third-order valence-corrected chi connectivity index (χ3v) is 3.38. The highest BCUT2D eigenvalue weighted by molar-refractivity contribution is 5.37. The van der Waals surface area contributed by atoms with Crippen molar-refractivity contribution in [1.29, 1.82) is 0 Å². The Morgan fingerprint density at radius 1 is 1.22 bits per heavy atom. The van der Waals surface area contributed by atoms with Crippen molar-refractivity contribution >= 4 is 0 Å². The molecule has 0 radical (unpaired) electrons. The van der Waals surface area contributed by atoms with E-state index in [0.717, 1.165) is 24.5 Å². The van der Waals surface area contributed by atoms with Crippen LogP contribution >= 0.6 is 0 Å². The lowest BCUT2D eigenvalue weighted by Crippen LogP contribution is -2.29. The van der Waals surface area contributed by atoms with E-state index in [1.807, 2.05) is 24.3 Å². The lowest BCUT2D eigenvalue weighted by atomic mass is 9.99. The van der Waals surface area contributed by atoms with Gasteiger partial charge in [-0.2, -0.15) is 0 Å². The van der Waals surface area contributed by atoms with E-state index in [-0.39, 0.29) is 6.04 Å². The highest BCUT2D eigenvalue weighted by atomic mass is 16.5. The van der Waals surface area contributed by atoms with Crippen LogP contribution in [-0.2, 0) is 0 Å². The highest BCUT2D eigenvalue weighted by Gasteiger charge is 2.23. The van der Waals surface area contributed by atoms with E-state index in [0.29, 0.717) is 6.04 Å². The quantitative estimate of drug-likeness (QED) is 0.896. The molecule has 3 heteroatoms. The van der Waals surface area contributed by atoms with E-state index < -0.39 is 0 Å². The maximum atomic E-state index is 5.66. The summed E-state index contributed by atoms with van der Waals surface area (Å²) in [5.74, 6) is 1.96. The van der Waals surface area contributed by atoms with Crippen molar-refractivity contribution in [3.05, 3.63) is 54.0 Å². The van der Waals surface area contributed by atoms with Gasteiger partial charge in [0.15, 0.2) is 0 Å². The lowest BCUT2D eigenvalue weighted by Gasteiger charge is -2.28. The molecule has 0 fully saturated rings. The summed E-state index contributed by atoms with van der Waals surface area (Å²) in [4.78, 5) is 0. The SMILES string of the molecule is CC(NC1CCOc2ccccc21)c1ccco1. The molecule has 1 aliphatic heterocycles. The Morgan fingerprint density at radius 3 is 2.94 bits per heavy atom. The van der Waals surface area contributed by atoms with Gasteiger partial charge in [-0.3, -0.25) is 0 Å². The van der Waals surface area contributed by atoms with Crippen molar-refractivity contribution in [2.75, 3.05) is 6.61 Å². The molecule has 2 aromatic rings. The molecule has 94 valence electrons. The van der Waals surface area contributed by atoms with E-state index in [1.165, 1.54) is 5.56 Å². The molecule has 1 aromatic heterocycles. The average Bonchev–Trinajstić information content (AvgIpc) is 2.93. The smallest absolute Gasteiger partial charge is 0.124 e. The van der Waals surface area contributed by atoms with E-state index in [4.69, 9.17) is 9.15 Å². The van der Waals surface area contributed by atoms with Crippen LogP contribution in [0.3, 0.4) is 0 Å². The van der Waals surface area contributed by atoms with Gasteiger partial charge >= 0.3 is 0 Å². The second-order valence-corrected chi connectivity index (χ2v) is 4.63. The van der Waals surface area contributed by atoms with Gasteiger partial charge in [0.2, 0.25) is 0 Å². The minimum Gasteiger partial charge on any atom is -0.493 e. The molecule has 2 atom stereocenters. The molecule has 1 aromatic carbocycles. The van der Waals surface area contributed by atoms with Crippen molar-refractivity contribution in [1.82, 2.24) is 5.32 Å². The number of furan rings is 1. The van der Waals surface area contributed by atoms with Crippen LogP contribution in [0.15, 0.2) is 47.1 Å². The molecular formula is C15H17NO2. The van der Waals surface area contributed by atoms with Crippen LogP contribution in [0.5, 0.6) is 5.75 Å². The average molecular weight is 243 g/mol. The Bertz CT molecular complexity index is 507. The number of ether oxygens (including phenoxy) is 1. The molecule has 3 nitrogen and oxygen atoms in total. The molecule has 0 saturated heterocycles. The summed E-state index contributed by atoms with van der Waals surface area (Å²) in [5, 5.41) is 3.60. The third kappa shape index (κ3) is 2.14. The monoisotopic (exact) mass is 243 g/mol. The standard InChI is InChI=1S/C15H17NO2/c1-11(14-7-4-9-17-14)16-13-8-10-18-15-6-3-2-5-12(13)15/h2-7,9,11,13,16H,8,10H2,1H3. The number of hydrogen-bond donors (Lipinski definition) is 1. The van der Waals surface area contributed by atoms with E-state index in [2.05, 4.69) is 24.4 Å². The fraction of sp³-hybridized carbons (Fsp3) is 0.333. The lowest BCUT2D eigenvalue weighted by molar-refractivity contribution is 0.241. The number of fused-ring (bicyclic) bond motifs is 1. The van der Waals surface area contributed by atoms with Crippen molar-refractivity contribution in [2.24, 2.45) is 0 Å². The Kier molecular flexibility index (Phi) is 3.07. The van der Waals surface area contributed by atoms with Crippen molar-refractivity contribution < 1.29 is 9.15 Å². The summed E-state index contributed by atoms with van der Waals surface area (Å²) in [6.45, 7) is 2.89. The predicted octanol–water partition coefficient (Wildman–Crippen LogP) is 3.45. The Labute approximate surface area is 107 Å². The van der Waals surface area contributed by atoms with Gasteiger partial charge in [0.05, 0.1) is 18.9 Å². The molecule has 3 rings (SSSR count). The van der Waals surface area contributed by atoms with Gasteiger partial charge in [-0.25, -0.2) is 0 Å². The normalized spacial score (nSPS) is 19.9. The first-order valence-electron chi connectivity index (χ1n) is 6.36. The fourth-order valence-electron chi connectivity index (χ4n) is 2.44. The number of nitrogens with one attached hydrogen (secondary N) is 1. The molecule has 1 aliphatic rings. The summed E-state index contributed by atoms with van der Waals surface area (Å²) in [6, 6.07) is 12.7. The zero-order valence-corrected chi connectivity index (χ0v) is 10.4. The van der Waals surface area contributed by atoms with Crippen molar-refractivity contribution in [3.63, 3.8) is 0 Å². The van der Waals surface area contributed by atoms with Crippen LogP contribution in [0.25, 0.3) is 0 Å². The summed E-state index contributed by atoms with van der Waals surface area (Å²) in [6.07, 6.45) is 2.70. The Hall–Kier alpha value is -1.74. The van der Waals surface area contributed by atoms with Gasteiger partial charge in [0.25, 0.3) is 0 Å². The zero-order valence-electron chi connectivity index (χ0n) is 10.4. The second kappa shape index (κ2) is 4.86. The zero-order chi connectivity index (χ0) is 12.4. The summed E-state index contributed by atoms with van der Waals surface area (Å²) in [7, 11) is 0. The number of rotatable bonds is 3. The van der Waals surface area contributed by atoms with Crippen LogP contribution in [-0.4, -0.2) is 6.61 Å². The topological polar surface area (TPSA) is 34.4 Å². The van der Waals surface area contributed by atoms with Gasteiger partial charge in [-0.15, -0.1) is 0 Å². The maximum absolute atomic E-state index is 5.66. The third-order valence-electron chi connectivity index (χ3n) is 3.38. The molecule has 0 bridgehead atoms. The fourth-order valence-corrected chi connectivity index (χ4v) is 2.44. The molecule has 2 unspecified atom stereocenters. The molecular weight excluding hydrogens is 226 g/mol. The van der Waals surface area contributed by atoms with Crippen LogP contribution in [0, 0.1) is 0 Å². The highest BCUT2D eigenvalue weighted by Crippen LogP contribution is 2.33. The first kappa shape index (κ1) is 11.4. The van der Waals surface area contributed by atoms with Crippen LogP contribution < -0.4 is 10.1 Å². The van der Waals surface area contributed by atoms with Gasteiger partial charge < -0.3 is 14.5 Å². The molecule has 2 heterocycles. The van der Waals surface area contributed by atoms with Gasteiger partial charge in [-0.05, 0) is 25.1 Å². The number of benzene rings is 1. The summed E-state index contributed by atoms with van der Waals surface area (Å²) in [5.41, 5.74) is 1.24. The minimum absolute atomic E-state index is 0.205. The van der Waals surface area contributed by atoms with E-state index >= 15 is 0 Å². The molecule has 0 amide bonds. The van der Waals surface area contributed by atoms with Gasteiger partial charge in [0, 0.05) is 18.0 Å². The first-order chi connectivity index (χ1) is 8.84. The first-order valence-corrected chi connectivity index (χ1v) is 6.36. The minimum atomic E-state index is 0.205. The summed E-state index contributed by atoms with van der Waals surface area (Å²) < 4.78 is 11.1. The molecule has 18 heavy (non-hydrogen) atoms. The van der Waals surface area contributed by atoms with Crippen LogP contribution in [0.2, 0.25) is 0 Å². The molecule has 1 N–H and O–H groups in total. The van der Waals surface area contributed by atoms with E-state index in [1.54, 1.807) is 6.26 Å². The maximum Gasteiger partial charge on any atom is 0.124 e. The molecule has 0 saturated carbocycles. The van der Waals surface area contributed by atoms with Gasteiger partial charge in [0.1, 0.15) is 11.5 Å². The van der Waals surface area contributed by atoms with E-state index in [9.17, 15) is 0 Å². The molecule has 0 spiro atoms. The van der Waals surface area contributed by atoms with Gasteiger partial charge in [-0.1, -0.05) is 18.2 Å². The van der Waals surface area contributed by atoms with Crippen molar-refractivity contribution in [2.45, 2.75) is 25.4 Å². The number of para-hydroxylation sites is 1. The van der Waals surface area contributed by atoms with Crippen LogP contribution in [0.1, 0.15) is 36.8 Å². The van der Waals surface area contributed by atoms with Crippen molar-refractivity contribution in [3.8, 4) is 5.75 Å². The number of hydrogen-bond acceptors (Lipinski definition) is 3. The summed E-state index contributed by atoms with van der Waals surface area (Å²) >= 11 is 0. The Morgan fingerprint density at radius 2 is 2.11 bits per heavy atom. The molecule has 0 aliphatic carbocycles.